The zero-order valence-electron chi connectivity index (χ0n) is 16.3. The summed E-state index contributed by atoms with van der Waals surface area (Å²) in [5.41, 5.74) is 1.17. The van der Waals surface area contributed by atoms with Crippen molar-refractivity contribution in [3.63, 3.8) is 0 Å². The minimum Gasteiger partial charge on any atom is -0.481 e. The van der Waals surface area contributed by atoms with Gasteiger partial charge in [-0.25, -0.2) is 0 Å². The van der Waals surface area contributed by atoms with Crippen molar-refractivity contribution < 1.29 is 24.2 Å². The second-order valence-corrected chi connectivity index (χ2v) is 7.29. The normalized spacial score (nSPS) is 17.5. The van der Waals surface area contributed by atoms with Gasteiger partial charge in [-0.2, -0.15) is 0 Å². The van der Waals surface area contributed by atoms with Gasteiger partial charge in [0.15, 0.2) is 0 Å². The van der Waals surface area contributed by atoms with Crippen LogP contribution < -0.4 is 0 Å². The number of benzene rings is 1. The molecule has 1 fully saturated rings. The molecular formula is C21H31NO5. The first-order valence-electron chi connectivity index (χ1n) is 9.67. The Morgan fingerprint density at radius 2 is 1.89 bits per heavy atom. The van der Waals surface area contributed by atoms with Crippen molar-refractivity contribution in [2.24, 2.45) is 11.8 Å². The Morgan fingerprint density at radius 1 is 1.22 bits per heavy atom. The summed E-state index contributed by atoms with van der Waals surface area (Å²) in [5.74, 6) is -1.58. The molecule has 150 valence electrons. The summed E-state index contributed by atoms with van der Waals surface area (Å²) in [7, 11) is 1.60. The van der Waals surface area contributed by atoms with Crippen molar-refractivity contribution in [1.82, 2.24) is 4.90 Å². The van der Waals surface area contributed by atoms with Gasteiger partial charge in [-0.1, -0.05) is 37.3 Å². The average Bonchev–Trinajstić information content (AvgIpc) is 2.70. The summed E-state index contributed by atoms with van der Waals surface area (Å²) in [5, 5.41) is 9.27. The molecule has 0 radical (unpaired) electrons. The topological polar surface area (TPSA) is 76.1 Å². The van der Waals surface area contributed by atoms with Crippen LogP contribution in [0.1, 0.15) is 38.2 Å². The lowest BCUT2D eigenvalue weighted by atomic mass is 9.88. The number of rotatable bonds is 10. The molecule has 1 saturated heterocycles. The smallest absolute Gasteiger partial charge is 0.306 e. The molecule has 2 atom stereocenters. The van der Waals surface area contributed by atoms with Crippen LogP contribution in [0.25, 0.3) is 0 Å². The Bertz CT molecular complexity index is 583. The van der Waals surface area contributed by atoms with E-state index in [9.17, 15) is 14.7 Å². The summed E-state index contributed by atoms with van der Waals surface area (Å²) in [6, 6.07) is 10.0. The summed E-state index contributed by atoms with van der Waals surface area (Å²) in [6.45, 7) is 3.25. The van der Waals surface area contributed by atoms with E-state index in [1.165, 1.54) is 5.56 Å². The maximum atomic E-state index is 13.1. The SMILES string of the molecule is COCOC1CCN(C(=O)[C@H](CCc2ccccc2)C[C@@H](C)C(=O)O)CC1. The number of methoxy groups -OCH3 is 1. The summed E-state index contributed by atoms with van der Waals surface area (Å²) in [6.07, 6.45) is 3.51. The maximum Gasteiger partial charge on any atom is 0.306 e. The van der Waals surface area contributed by atoms with Crippen LogP contribution in [0.4, 0.5) is 0 Å². The number of carbonyl (C=O) groups excluding carboxylic acids is 1. The van der Waals surface area contributed by atoms with E-state index in [1.807, 2.05) is 35.2 Å². The van der Waals surface area contributed by atoms with E-state index < -0.39 is 11.9 Å². The number of carboxylic acid groups (broad SMARTS) is 1. The molecule has 1 aromatic carbocycles. The number of aliphatic carboxylic acids is 1. The number of hydrogen-bond acceptors (Lipinski definition) is 4. The van der Waals surface area contributed by atoms with Crippen molar-refractivity contribution >= 4 is 11.9 Å². The highest BCUT2D eigenvalue weighted by molar-refractivity contribution is 5.80. The van der Waals surface area contributed by atoms with E-state index in [2.05, 4.69) is 0 Å². The number of amides is 1. The van der Waals surface area contributed by atoms with E-state index in [-0.39, 0.29) is 24.7 Å². The number of hydrogen-bond donors (Lipinski definition) is 1. The Morgan fingerprint density at radius 3 is 2.48 bits per heavy atom. The van der Waals surface area contributed by atoms with E-state index in [0.29, 0.717) is 25.9 Å². The molecule has 0 saturated carbocycles. The fourth-order valence-electron chi connectivity index (χ4n) is 3.52. The highest BCUT2D eigenvalue weighted by Crippen LogP contribution is 2.24. The zero-order valence-corrected chi connectivity index (χ0v) is 16.3. The molecule has 0 unspecified atom stereocenters. The van der Waals surface area contributed by atoms with Gasteiger partial charge in [-0.05, 0) is 37.7 Å². The van der Waals surface area contributed by atoms with Crippen molar-refractivity contribution in [2.45, 2.75) is 45.1 Å². The number of aryl methyl sites for hydroxylation is 1. The lowest BCUT2D eigenvalue weighted by Gasteiger charge is -2.34. The third-order valence-electron chi connectivity index (χ3n) is 5.21. The average molecular weight is 377 g/mol. The van der Waals surface area contributed by atoms with Crippen LogP contribution in [0.15, 0.2) is 30.3 Å². The minimum atomic E-state index is -0.848. The number of carbonyl (C=O) groups is 2. The van der Waals surface area contributed by atoms with Crippen molar-refractivity contribution in [2.75, 3.05) is 27.0 Å². The molecule has 0 aromatic heterocycles. The number of ether oxygens (including phenoxy) is 2. The fourth-order valence-corrected chi connectivity index (χ4v) is 3.52. The quantitative estimate of drug-likeness (QED) is 0.635. The van der Waals surface area contributed by atoms with Gasteiger partial charge < -0.3 is 19.5 Å². The number of piperidine rings is 1. The first-order chi connectivity index (χ1) is 13.0. The van der Waals surface area contributed by atoms with Gasteiger partial charge in [-0.15, -0.1) is 0 Å². The summed E-state index contributed by atoms with van der Waals surface area (Å²) in [4.78, 5) is 26.2. The first kappa shape index (κ1) is 21.4. The van der Waals surface area contributed by atoms with Crippen LogP contribution in [0, 0.1) is 11.8 Å². The van der Waals surface area contributed by atoms with Crippen molar-refractivity contribution in [1.29, 1.82) is 0 Å². The molecule has 1 aliphatic rings. The fraction of sp³-hybridized carbons (Fsp3) is 0.619. The molecule has 1 heterocycles. The van der Waals surface area contributed by atoms with E-state index in [4.69, 9.17) is 9.47 Å². The van der Waals surface area contributed by atoms with Crippen LogP contribution in [0.3, 0.4) is 0 Å². The zero-order chi connectivity index (χ0) is 19.6. The number of nitrogens with zero attached hydrogens (tertiary/aromatic N) is 1. The molecule has 1 N–H and O–H groups in total. The molecule has 6 heteroatoms. The highest BCUT2D eigenvalue weighted by Gasteiger charge is 2.30. The Balaban J connectivity index is 1.94. The predicted octanol–water partition coefficient (Wildman–Crippen LogP) is 2.96. The molecule has 2 rings (SSSR count). The molecule has 27 heavy (non-hydrogen) atoms. The van der Waals surface area contributed by atoms with E-state index in [0.717, 1.165) is 19.3 Å². The molecule has 1 aliphatic heterocycles. The monoisotopic (exact) mass is 377 g/mol. The molecule has 1 amide bonds. The van der Waals surface area contributed by atoms with Gasteiger partial charge in [0.25, 0.3) is 0 Å². The number of carboxylic acids is 1. The van der Waals surface area contributed by atoms with Gasteiger partial charge in [0, 0.05) is 26.1 Å². The van der Waals surface area contributed by atoms with Gasteiger partial charge in [0.1, 0.15) is 6.79 Å². The van der Waals surface area contributed by atoms with Crippen molar-refractivity contribution in [3.8, 4) is 0 Å². The largest absolute Gasteiger partial charge is 0.481 e. The molecular weight excluding hydrogens is 346 g/mol. The third-order valence-corrected chi connectivity index (χ3v) is 5.21. The Labute approximate surface area is 161 Å². The Kier molecular flexibility index (Phi) is 8.75. The predicted molar refractivity (Wildman–Crippen MR) is 102 cm³/mol. The standard InChI is InChI=1S/C21H31NO5/c1-16(21(24)25)14-18(9-8-17-6-4-3-5-7-17)20(23)22-12-10-19(11-13-22)27-15-26-2/h3-7,16,18-19H,8-15H2,1-2H3,(H,24,25)/t16-,18-/m1/s1. The van der Waals surface area contributed by atoms with Crippen LogP contribution in [0.2, 0.25) is 0 Å². The van der Waals surface area contributed by atoms with Gasteiger partial charge in [0.2, 0.25) is 5.91 Å². The van der Waals surface area contributed by atoms with Crippen LogP contribution in [-0.2, 0) is 25.5 Å². The van der Waals surface area contributed by atoms with Gasteiger partial charge >= 0.3 is 5.97 Å². The second kappa shape index (κ2) is 11.0. The lowest BCUT2D eigenvalue weighted by molar-refractivity contribution is -0.144. The molecule has 6 nitrogen and oxygen atoms in total. The highest BCUT2D eigenvalue weighted by atomic mass is 16.7. The van der Waals surface area contributed by atoms with E-state index >= 15 is 0 Å². The maximum absolute atomic E-state index is 13.1. The van der Waals surface area contributed by atoms with Gasteiger partial charge in [-0.3, -0.25) is 9.59 Å². The molecule has 1 aromatic rings. The number of likely N-dealkylation sites (tertiary alicyclic amines) is 1. The molecule has 0 bridgehead atoms. The van der Waals surface area contributed by atoms with Crippen LogP contribution in [-0.4, -0.2) is 55.0 Å². The van der Waals surface area contributed by atoms with Gasteiger partial charge in [0.05, 0.1) is 12.0 Å². The summed E-state index contributed by atoms with van der Waals surface area (Å²) < 4.78 is 10.5. The van der Waals surface area contributed by atoms with Crippen LogP contribution >= 0.6 is 0 Å². The lowest BCUT2D eigenvalue weighted by Crippen LogP contribution is -2.44. The van der Waals surface area contributed by atoms with Crippen molar-refractivity contribution in [3.05, 3.63) is 35.9 Å². The molecule has 0 aliphatic carbocycles. The van der Waals surface area contributed by atoms with E-state index in [1.54, 1.807) is 14.0 Å². The second-order valence-electron chi connectivity index (χ2n) is 7.29. The summed E-state index contributed by atoms with van der Waals surface area (Å²) >= 11 is 0. The minimum absolute atomic E-state index is 0.0734. The van der Waals surface area contributed by atoms with Crippen LogP contribution in [0.5, 0.6) is 0 Å². The third kappa shape index (κ3) is 6.96. The molecule has 0 spiro atoms. The first-order valence-corrected chi connectivity index (χ1v) is 9.67. The Hall–Kier alpha value is -1.92.